The second kappa shape index (κ2) is 6.19. The molecule has 1 aliphatic heterocycles. The summed E-state index contributed by atoms with van der Waals surface area (Å²) in [6, 6.07) is 2.40. The average molecular weight is 264 g/mol. The van der Waals surface area contributed by atoms with Crippen LogP contribution in [0.4, 0.5) is 5.95 Å². The minimum Gasteiger partial charge on any atom is -0.475 e. The van der Waals surface area contributed by atoms with Gasteiger partial charge < -0.3 is 15.0 Å². The SMILES string of the molecule is CCCN(c1nc(C)cc(OC(C)C)n1)C1CNC1. The van der Waals surface area contributed by atoms with Gasteiger partial charge in [-0.25, -0.2) is 4.98 Å². The number of aryl methyl sites for hydroxylation is 1. The van der Waals surface area contributed by atoms with Gasteiger partial charge in [0.1, 0.15) is 0 Å². The summed E-state index contributed by atoms with van der Waals surface area (Å²) >= 11 is 0. The Morgan fingerprint density at radius 1 is 1.42 bits per heavy atom. The Bertz CT molecular complexity index is 418. The topological polar surface area (TPSA) is 50.3 Å². The zero-order valence-electron chi connectivity index (χ0n) is 12.3. The zero-order chi connectivity index (χ0) is 13.8. The van der Waals surface area contributed by atoms with E-state index < -0.39 is 0 Å². The minimum absolute atomic E-state index is 0.132. The van der Waals surface area contributed by atoms with Crippen LogP contribution in [0.2, 0.25) is 0 Å². The molecule has 0 radical (unpaired) electrons. The maximum Gasteiger partial charge on any atom is 0.229 e. The molecule has 1 aliphatic rings. The third-order valence-corrected chi connectivity index (χ3v) is 3.10. The highest BCUT2D eigenvalue weighted by molar-refractivity contribution is 5.37. The molecule has 2 rings (SSSR count). The Morgan fingerprint density at radius 3 is 2.68 bits per heavy atom. The van der Waals surface area contributed by atoms with Crippen molar-refractivity contribution in [2.24, 2.45) is 0 Å². The van der Waals surface area contributed by atoms with Gasteiger partial charge in [-0.3, -0.25) is 0 Å². The fraction of sp³-hybridized carbons (Fsp3) is 0.714. The summed E-state index contributed by atoms with van der Waals surface area (Å²) in [5.41, 5.74) is 0.953. The van der Waals surface area contributed by atoms with Crippen molar-refractivity contribution in [3.8, 4) is 5.88 Å². The van der Waals surface area contributed by atoms with Crippen LogP contribution in [-0.4, -0.2) is 41.7 Å². The maximum absolute atomic E-state index is 5.70. The highest BCUT2D eigenvalue weighted by Crippen LogP contribution is 2.20. The van der Waals surface area contributed by atoms with Crippen LogP contribution in [-0.2, 0) is 0 Å². The molecule has 0 aliphatic carbocycles. The monoisotopic (exact) mass is 264 g/mol. The van der Waals surface area contributed by atoms with Gasteiger partial charge in [0.2, 0.25) is 11.8 Å². The van der Waals surface area contributed by atoms with Gasteiger partial charge in [-0.2, -0.15) is 4.98 Å². The van der Waals surface area contributed by atoms with Crippen molar-refractivity contribution in [3.05, 3.63) is 11.8 Å². The summed E-state index contributed by atoms with van der Waals surface area (Å²) in [6.07, 6.45) is 1.22. The summed E-state index contributed by atoms with van der Waals surface area (Å²) in [5, 5.41) is 3.30. The minimum atomic E-state index is 0.132. The van der Waals surface area contributed by atoms with Crippen molar-refractivity contribution in [1.29, 1.82) is 0 Å². The van der Waals surface area contributed by atoms with Crippen molar-refractivity contribution in [1.82, 2.24) is 15.3 Å². The third-order valence-electron chi connectivity index (χ3n) is 3.10. The largest absolute Gasteiger partial charge is 0.475 e. The molecule has 0 atom stereocenters. The highest BCUT2D eigenvalue weighted by atomic mass is 16.5. The summed E-state index contributed by atoms with van der Waals surface area (Å²) in [6.45, 7) is 11.2. The molecule has 19 heavy (non-hydrogen) atoms. The molecule has 1 N–H and O–H groups in total. The van der Waals surface area contributed by atoms with Crippen molar-refractivity contribution < 1.29 is 4.74 Å². The van der Waals surface area contributed by atoms with E-state index in [-0.39, 0.29) is 6.10 Å². The molecule has 1 saturated heterocycles. The number of rotatable bonds is 6. The van der Waals surface area contributed by atoms with E-state index in [2.05, 4.69) is 27.1 Å². The van der Waals surface area contributed by atoms with Gasteiger partial charge in [0.15, 0.2) is 0 Å². The molecule has 1 fully saturated rings. The van der Waals surface area contributed by atoms with E-state index >= 15 is 0 Å². The van der Waals surface area contributed by atoms with Gasteiger partial charge in [0.05, 0.1) is 12.1 Å². The lowest BCUT2D eigenvalue weighted by molar-refractivity contribution is 0.232. The van der Waals surface area contributed by atoms with E-state index in [9.17, 15) is 0 Å². The molecule has 1 aromatic rings. The van der Waals surface area contributed by atoms with Crippen LogP contribution < -0.4 is 15.0 Å². The number of anilines is 1. The summed E-state index contributed by atoms with van der Waals surface area (Å²) in [7, 11) is 0. The molecule has 0 bridgehead atoms. The molecule has 2 heterocycles. The molecule has 0 spiro atoms. The van der Waals surface area contributed by atoms with E-state index in [0.717, 1.165) is 37.7 Å². The lowest BCUT2D eigenvalue weighted by atomic mass is 10.1. The van der Waals surface area contributed by atoms with Gasteiger partial charge >= 0.3 is 0 Å². The third kappa shape index (κ3) is 3.56. The van der Waals surface area contributed by atoms with Crippen LogP contribution in [0.5, 0.6) is 5.88 Å². The predicted octanol–water partition coefficient (Wildman–Crippen LogP) is 1.76. The molecule has 1 aromatic heterocycles. The van der Waals surface area contributed by atoms with Crippen molar-refractivity contribution in [2.45, 2.75) is 46.3 Å². The second-order valence-electron chi connectivity index (χ2n) is 5.32. The molecule has 0 unspecified atom stereocenters. The number of ether oxygens (including phenoxy) is 1. The zero-order valence-corrected chi connectivity index (χ0v) is 12.3. The van der Waals surface area contributed by atoms with E-state index in [1.807, 2.05) is 26.8 Å². The fourth-order valence-corrected chi connectivity index (χ4v) is 2.14. The Kier molecular flexibility index (Phi) is 4.58. The van der Waals surface area contributed by atoms with E-state index in [4.69, 9.17) is 4.74 Å². The van der Waals surface area contributed by atoms with E-state index in [0.29, 0.717) is 11.9 Å². The van der Waals surface area contributed by atoms with Crippen molar-refractivity contribution in [2.75, 3.05) is 24.5 Å². The predicted molar refractivity (Wildman–Crippen MR) is 76.8 cm³/mol. The number of aromatic nitrogens is 2. The molecular formula is C14H24N4O. The summed E-state index contributed by atoms with van der Waals surface area (Å²) in [4.78, 5) is 11.4. The van der Waals surface area contributed by atoms with Gasteiger partial charge in [-0.1, -0.05) is 6.92 Å². The Hall–Kier alpha value is -1.36. The molecule has 0 amide bonds. The molecule has 0 aromatic carbocycles. The number of nitrogens with zero attached hydrogens (tertiary/aromatic N) is 3. The first-order chi connectivity index (χ1) is 9.10. The first-order valence-electron chi connectivity index (χ1n) is 7.10. The number of hydrogen-bond acceptors (Lipinski definition) is 5. The van der Waals surface area contributed by atoms with Crippen LogP contribution in [0.15, 0.2) is 6.07 Å². The van der Waals surface area contributed by atoms with Crippen LogP contribution in [0, 0.1) is 6.92 Å². The molecular weight excluding hydrogens is 240 g/mol. The van der Waals surface area contributed by atoms with Crippen molar-refractivity contribution in [3.63, 3.8) is 0 Å². The molecule has 5 heteroatoms. The smallest absolute Gasteiger partial charge is 0.229 e. The number of hydrogen-bond donors (Lipinski definition) is 1. The molecule has 5 nitrogen and oxygen atoms in total. The Morgan fingerprint density at radius 2 is 2.16 bits per heavy atom. The summed E-state index contributed by atoms with van der Waals surface area (Å²) < 4.78 is 5.70. The Labute approximate surface area is 115 Å². The lowest BCUT2D eigenvalue weighted by Crippen LogP contribution is -2.58. The first kappa shape index (κ1) is 14.1. The van der Waals surface area contributed by atoms with E-state index in [1.165, 1.54) is 0 Å². The molecule has 0 saturated carbocycles. The normalized spacial score (nSPS) is 15.4. The van der Waals surface area contributed by atoms with E-state index in [1.54, 1.807) is 0 Å². The lowest BCUT2D eigenvalue weighted by Gasteiger charge is -2.38. The van der Waals surface area contributed by atoms with Crippen molar-refractivity contribution >= 4 is 5.95 Å². The molecule has 106 valence electrons. The van der Waals surface area contributed by atoms with Gasteiger partial charge in [0.25, 0.3) is 0 Å². The standard InChI is InChI=1S/C14H24N4O/c1-5-6-18(12-8-15-9-12)14-16-11(4)7-13(17-14)19-10(2)3/h7,10,12,15H,5-6,8-9H2,1-4H3. The van der Waals surface area contributed by atoms with Crippen LogP contribution in [0.1, 0.15) is 32.9 Å². The highest BCUT2D eigenvalue weighted by Gasteiger charge is 2.26. The van der Waals surface area contributed by atoms with Crippen LogP contribution in [0.3, 0.4) is 0 Å². The van der Waals surface area contributed by atoms with Crippen LogP contribution >= 0.6 is 0 Å². The maximum atomic E-state index is 5.70. The van der Waals surface area contributed by atoms with Gasteiger partial charge in [-0.05, 0) is 27.2 Å². The van der Waals surface area contributed by atoms with Crippen LogP contribution in [0.25, 0.3) is 0 Å². The summed E-state index contributed by atoms with van der Waals surface area (Å²) in [5.74, 6) is 1.47. The second-order valence-corrected chi connectivity index (χ2v) is 5.32. The van der Waals surface area contributed by atoms with Gasteiger partial charge in [0, 0.05) is 31.4 Å². The van der Waals surface area contributed by atoms with Gasteiger partial charge in [-0.15, -0.1) is 0 Å². The number of nitrogens with one attached hydrogen (secondary N) is 1. The average Bonchev–Trinajstić information content (AvgIpc) is 2.24. The quantitative estimate of drug-likeness (QED) is 0.848. The fourth-order valence-electron chi connectivity index (χ4n) is 2.14. The Balaban J connectivity index is 2.22. The first-order valence-corrected chi connectivity index (χ1v) is 7.10.